The average Bonchev–Trinajstić information content (AvgIpc) is 3.22. The van der Waals surface area contributed by atoms with Crippen LogP contribution in [0.25, 0.3) is 6.08 Å². The van der Waals surface area contributed by atoms with Crippen molar-refractivity contribution in [1.82, 2.24) is 15.5 Å². The van der Waals surface area contributed by atoms with E-state index in [4.69, 9.17) is 4.74 Å². The van der Waals surface area contributed by atoms with Crippen LogP contribution < -0.4 is 15.4 Å². The number of nitrogens with zero attached hydrogens (tertiary/aromatic N) is 1. The van der Waals surface area contributed by atoms with E-state index in [1.807, 2.05) is 116 Å². The van der Waals surface area contributed by atoms with Gasteiger partial charge in [-0.3, -0.25) is 14.4 Å². The molecule has 0 aliphatic carbocycles. The Morgan fingerprint density at radius 1 is 0.935 bits per heavy atom. The predicted molar refractivity (Wildman–Crippen MR) is 184 cm³/mol. The first-order chi connectivity index (χ1) is 22.3. The zero-order chi connectivity index (χ0) is 32.7. The van der Waals surface area contributed by atoms with Gasteiger partial charge in [-0.15, -0.1) is 6.58 Å². The van der Waals surface area contributed by atoms with Gasteiger partial charge in [0, 0.05) is 19.6 Å². The molecule has 7 nitrogen and oxygen atoms in total. The van der Waals surface area contributed by atoms with Crippen molar-refractivity contribution in [3.8, 4) is 11.5 Å². The van der Waals surface area contributed by atoms with Crippen LogP contribution in [-0.4, -0.2) is 41.8 Å². The normalized spacial score (nSPS) is 16.5. The molecule has 46 heavy (non-hydrogen) atoms. The molecule has 3 aromatic carbocycles. The van der Waals surface area contributed by atoms with Crippen LogP contribution >= 0.6 is 0 Å². The lowest BCUT2D eigenvalue weighted by Crippen LogP contribution is -2.51. The predicted octanol–water partition coefficient (Wildman–Crippen LogP) is 7.16. The highest BCUT2D eigenvalue weighted by Gasteiger charge is 2.36. The van der Waals surface area contributed by atoms with Crippen LogP contribution in [0.4, 0.5) is 0 Å². The summed E-state index contributed by atoms with van der Waals surface area (Å²) >= 11 is 0. The lowest BCUT2D eigenvalue weighted by molar-refractivity contribution is -0.140. The molecule has 1 unspecified atom stereocenters. The summed E-state index contributed by atoms with van der Waals surface area (Å²) in [4.78, 5) is 42.9. The number of ether oxygens (including phenoxy) is 1. The van der Waals surface area contributed by atoms with Gasteiger partial charge < -0.3 is 20.3 Å². The molecule has 242 valence electrons. The summed E-state index contributed by atoms with van der Waals surface area (Å²) in [5.74, 6) is -0.0915. The number of hydrogen-bond donors (Lipinski definition) is 2. The number of amides is 3. The molecule has 4 rings (SSSR count). The first-order valence-electron chi connectivity index (χ1n) is 16.3. The zero-order valence-corrected chi connectivity index (χ0v) is 27.1. The van der Waals surface area contributed by atoms with Crippen molar-refractivity contribution in [2.45, 2.75) is 58.5 Å². The SMILES string of the molecule is C=CC[C@H](C(=O)NCC=Cc1ccccc1)C(CC(C)C)C(=O)N[C@H]1CCCCN(Cc2cccc(Oc3ccccc3)c2)C1=O. The summed E-state index contributed by atoms with van der Waals surface area (Å²) in [6.07, 6.45) is 8.68. The van der Waals surface area contributed by atoms with Crippen molar-refractivity contribution in [3.05, 3.63) is 115 Å². The molecule has 0 spiro atoms. The Labute approximate surface area is 273 Å². The molecular weight excluding hydrogens is 574 g/mol. The van der Waals surface area contributed by atoms with Crippen LogP contribution in [0.3, 0.4) is 0 Å². The minimum Gasteiger partial charge on any atom is -0.457 e. The number of carbonyl (C=O) groups excluding carboxylic acids is 3. The zero-order valence-electron chi connectivity index (χ0n) is 27.1. The summed E-state index contributed by atoms with van der Waals surface area (Å²) < 4.78 is 6.00. The number of allylic oxidation sites excluding steroid dienone is 1. The minimum absolute atomic E-state index is 0.0979. The molecule has 3 atom stereocenters. The van der Waals surface area contributed by atoms with E-state index in [0.717, 1.165) is 29.7 Å². The fourth-order valence-electron chi connectivity index (χ4n) is 5.87. The van der Waals surface area contributed by atoms with E-state index in [-0.39, 0.29) is 23.6 Å². The van der Waals surface area contributed by atoms with E-state index in [2.05, 4.69) is 17.2 Å². The Balaban J connectivity index is 1.42. The molecule has 3 aromatic rings. The number of para-hydroxylation sites is 1. The highest BCUT2D eigenvalue weighted by molar-refractivity contribution is 5.92. The molecule has 0 saturated carbocycles. The van der Waals surface area contributed by atoms with Gasteiger partial charge in [-0.25, -0.2) is 0 Å². The van der Waals surface area contributed by atoms with Gasteiger partial charge >= 0.3 is 0 Å². The Hall–Kier alpha value is -4.65. The lowest BCUT2D eigenvalue weighted by atomic mass is 9.81. The number of nitrogens with one attached hydrogen (secondary N) is 2. The van der Waals surface area contributed by atoms with Gasteiger partial charge in [0.15, 0.2) is 0 Å². The molecule has 1 aliphatic heterocycles. The summed E-state index contributed by atoms with van der Waals surface area (Å²) in [5.41, 5.74) is 2.00. The van der Waals surface area contributed by atoms with E-state index in [1.54, 1.807) is 6.08 Å². The first-order valence-corrected chi connectivity index (χ1v) is 16.3. The van der Waals surface area contributed by atoms with Crippen LogP contribution in [0.5, 0.6) is 11.5 Å². The lowest BCUT2D eigenvalue weighted by Gasteiger charge is -2.29. The van der Waals surface area contributed by atoms with Gasteiger partial charge in [-0.2, -0.15) is 0 Å². The van der Waals surface area contributed by atoms with Gasteiger partial charge in [0.1, 0.15) is 17.5 Å². The van der Waals surface area contributed by atoms with Gasteiger partial charge in [-0.05, 0) is 73.4 Å². The molecule has 1 aliphatic rings. The number of carbonyl (C=O) groups is 3. The number of rotatable bonds is 15. The smallest absolute Gasteiger partial charge is 0.245 e. The minimum atomic E-state index is -0.644. The second kappa shape index (κ2) is 17.7. The Kier molecular flexibility index (Phi) is 13.2. The topological polar surface area (TPSA) is 87.7 Å². The van der Waals surface area contributed by atoms with Crippen LogP contribution in [-0.2, 0) is 20.9 Å². The van der Waals surface area contributed by atoms with Gasteiger partial charge in [0.25, 0.3) is 0 Å². The van der Waals surface area contributed by atoms with Crippen molar-refractivity contribution in [1.29, 1.82) is 0 Å². The van der Waals surface area contributed by atoms with Crippen LogP contribution in [0, 0.1) is 17.8 Å². The van der Waals surface area contributed by atoms with E-state index in [9.17, 15) is 14.4 Å². The third-order valence-electron chi connectivity index (χ3n) is 8.16. The molecule has 0 bridgehead atoms. The fraction of sp³-hybridized carbons (Fsp3) is 0.359. The first kappa shape index (κ1) is 34.2. The van der Waals surface area contributed by atoms with Crippen molar-refractivity contribution >= 4 is 23.8 Å². The van der Waals surface area contributed by atoms with E-state index >= 15 is 0 Å². The monoisotopic (exact) mass is 621 g/mol. The van der Waals surface area contributed by atoms with Crippen LogP contribution in [0.1, 0.15) is 57.1 Å². The van der Waals surface area contributed by atoms with Crippen LogP contribution in [0.2, 0.25) is 0 Å². The fourth-order valence-corrected chi connectivity index (χ4v) is 5.87. The van der Waals surface area contributed by atoms with E-state index in [1.165, 1.54) is 0 Å². The molecule has 1 saturated heterocycles. The molecular formula is C39H47N3O4. The quantitative estimate of drug-likeness (QED) is 0.176. The summed E-state index contributed by atoms with van der Waals surface area (Å²) in [6.45, 7) is 9.33. The third kappa shape index (κ3) is 10.5. The largest absolute Gasteiger partial charge is 0.457 e. The standard InChI is InChI=1S/C39H47N3O4/c1-4-15-34(37(43)40-24-14-19-30-16-7-5-8-17-30)35(26-29(2)3)38(44)41-36-23-11-12-25-42(39(36)45)28-31-18-13-22-33(27-31)46-32-20-9-6-10-21-32/h4-10,13-14,16-22,27,29,34-36H,1,11-12,15,23-26,28H2,2-3H3,(H,40,43)(H,41,44)/t34-,35?,36-/m0/s1. The summed E-state index contributed by atoms with van der Waals surface area (Å²) in [7, 11) is 0. The maximum absolute atomic E-state index is 13.9. The van der Waals surface area contributed by atoms with Gasteiger partial charge in [0.05, 0.1) is 11.8 Å². The number of benzene rings is 3. The van der Waals surface area contributed by atoms with E-state index in [0.29, 0.717) is 44.6 Å². The molecule has 7 heteroatoms. The molecule has 0 aromatic heterocycles. The molecule has 0 radical (unpaired) electrons. The average molecular weight is 622 g/mol. The van der Waals surface area contributed by atoms with E-state index < -0.39 is 17.9 Å². The highest BCUT2D eigenvalue weighted by atomic mass is 16.5. The maximum atomic E-state index is 13.9. The maximum Gasteiger partial charge on any atom is 0.245 e. The second-order valence-electron chi connectivity index (χ2n) is 12.3. The molecule has 1 fully saturated rings. The highest BCUT2D eigenvalue weighted by Crippen LogP contribution is 2.27. The number of likely N-dealkylation sites (tertiary alicyclic amines) is 1. The third-order valence-corrected chi connectivity index (χ3v) is 8.16. The van der Waals surface area contributed by atoms with Crippen molar-refractivity contribution in [2.75, 3.05) is 13.1 Å². The molecule has 3 amide bonds. The Morgan fingerprint density at radius 2 is 1.65 bits per heavy atom. The van der Waals surface area contributed by atoms with Crippen LogP contribution in [0.15, 0.2) is 104 Å². The molecule has 1 heterocycles. The number of hydrogen-bond acceptors (Lipinski definition) is 4. The summed E-state index contributed by atoms with van der Waals surface area (Å²) in [6, 6.07) is 26.6. The summed E-state index contributed by atoms with van der Waals surface area (Å²) in [5, 5.41) is 6.06. The van der Waals surface area contributed by atoms with Gasteiger partial charge in [0.2, 0.25) is 17.7 Å². The second-order valence-corrected chi connectivity index (χ2v) is 12.3. The Bertz CT molecular complexity index is 1450. The van der Waals surface area contributed by atoms with Gasteiger partial charge in [-0.1, -0.05) is 92.7 Å². The van der Waals surface area contributed by atoms with Crippen molar-refractivity contribution in [3.63, 3.8) is 0 Å². The van der Waals surface area contributed by atoms with Crippen molar-refractivity contribution < 1.29 is 19.1 Å². The molecule has 2 N–H and O–H groups in total. The van der Waals surface area contributed by atoms with Crippen molar-refractivity contribution in [2.24, 2.45) is 17.8 Å². The Morgan fingerprint density at radius 3 is 2.37 bits per heavy atom.